The van der Waals surface area contributed by atoms with E-state index in [1.165, 1.54) is 13.2 Å². The number of ether oxygens (including phenoxy) is 1. The summed E-state index contributed by atoms with van der Waals surface area (Å²) >= 11 is 0. The van der Waals surface area contributed by atoms with Crippen molar-refractivity contribution in [2.75, 3.05) is 12.4 Å². The maximum absolute atomic E-state index is 13.7. The van der Waals surface area contributed by atoms with Crippen LogP contribution in [0.2, 0.25) is 0 Å². The van der Waals surface area contributed by atoms with Crippen molar-refractivity contribution in [1.82, 2.24) is 0 Å². The van der Waals surface area contributed by atoms with E-state index < -0.39 is 5.91 Å². The van der Waals surface area contributed by atoms with Gasteiger partial charge in [-0.25, -0.2) is 4.39 Å². The molecule has 3 N–H and O–H groups in total. The first-order valence-electron chi connectivity index (χ1n) is 6.06. The van der Waals surface area contributed by atoms with Crippen LogP contribution in [0.25, 0.3) is 0 Å². The molecule has 104 valence electrons. The number of carbonyl (C=O) groups is 1. The van der Waals surface area contributed by atoms with Crippen LogP contribution in [0.3, 0.4) is 0 Å². The Labute approximate surface area is 116 Å². The van der Waals surface area contributed by atoms with Gasteiger partial charge in [-0.3, -0.25) is 4.79 Å². The van der Waals surface area contributed by atoms with Crippen molar-refractivity contribution >= 4 is 11.6 Å². The molecule has 0 aliphatic rings. The summed E-state index contributed by atoms with van der Waals surface area (Å²) in [5, 5.41) is 3.07. The number of nitrogens with one attached hydrogen (secondary N) is 1. The topological polar surface area (TPSA) is 64.3 Å². The molecule has 0 bridgehead atoms. The maximum Gasteiger partial charge on any atom is 0.248 e. The molecule has 0 unspecified atom stereocenters. The van der Waals surface area contributed by atoms with Gasteiger partial charge in [-0.2, -0.15) is 0 Å². The van der Waals surface area contributed by atoms with Crippen molar-refractivity contribution in [3.8, 4) is 5.75 Å². The van der Waals surface area contributed by atoms with Gasteiger partial charge in [0, 0.05) is 29.4 Å². The Morgan fingerprint density at radius 1 is 1.25 bits per heavy atom. The lowest BCUT2D eigenvalue weighted by Gasteiger charge is -2.09. The number of primary amides is 1. The molecule has 4 nitrogen and oxygen atoms in total. The predicted molar refractivity (Wildman–Crippen MR) is 75.2 cm³/mol. The molecule has 0 saturated heterocycles. The Hall–Kier alpha value is -2.56. The SMILES string of the molecule is COc1ccc(CNc2ccc(C(N)=O)cc2)c(F)c1. The zero-order valence-corrected chi connectivity index (χ0v) is 11.0. The summed E-state index contributed by atoms with van der Waals surface area (Å²) in [7, 11) is 1.49. The quantitative estimate of drug-likeness (QED) is 0.880. The molecule has 2 aromatic carbocycles. The van der Waals surface area contributed by atoms with Crippen LogP contribution in [0.1, 0.15) is 15.9 Å². The van der Waals surface area contributed by atoms with Crippen LogP contribution in [0.4, 0.5) is 10.1 Å². The monoisotopic (exact) mass is 274 g/mol. The molecule has 0 spiro atoms. The van der Waals surface area contributed by atoms with E-state index in [-0.39, 0.29) is 5.82 Å². The van der Waals surface area contributed by atoms with Crippen molar-refractivity contribution in [1.29, 1.82) is 0 Å². The smallest absolute Gasteiger partial charge is 0.248 e. The van der Waals surface area contributed by atoms with Gasteiger partial charge in [-0.1, -0.05) is 6.07 Å². The Kier molecular flexibility index (Phi) is 4.20. The Morgan fingerprint density at radius 2 is 1.95 bits per heavy atom. The highest BCUT2D eigenvalue weighted by Gasteiger charge is 2.04. The van der Waals surface area contributed by atoms with Crippen LogP contribution < -0.4 is 15.8 Å². The molecule has 0 aliphatic heterocycles. The molecule has 2 rings (SSSR count). The first-order chi connectivity index (χ1) is 9.60. The fourth-order valence-electron chi connectivity index (χ4n) is 1.75. The van der Waals surface area contributed by atoms with Crippen molar-refractivity contribution in [3.63, 3.8) is 0 Å². The number of halogens is 1. The number of hydrogen-bond acceptors (Lipinski definition) is 3. The van der Waals surface area contributed by atoms with E-state index in [0.717, 1.165) is 5.69 Å². The summed E-state index contributed by atoms with van der Waals surface area (Å²) in [5.74, 6) is -0.319. The molecule has 0 aliphatic carbocycles. The van der Waals surface area contributed by atoms with Gasteiger partial charge in [0.05, 0.1) is 7.11 Å². The van der Waals surface area contributed by atoms with Crippen LogP contribution in [-0.2, 0) is 6.54 Å². The van der Waals surface area contributed by atoms with E-state index in [4.69, 9.17) is 10.5 Å². The highest BCUT2D eigenvalue weighted by molar-refractivity contribution is 5.93. The second-order valence-corrected chi connectivity index (χ2v) is 4.25. The number of nitrogens with two attached hydrogens (primary N) is 1. The second kappa shape index (κ2) is 6.06. The van der Waals surface area contributed by atoms with E-state index in [1.807, 2.05) is 0 Å². The van der Waals surface area contributed by atoms with Gasteiger partial charge >= 0.3 is 0 Å². The van der Waals surface area contributed by atoms with Crippen LogP contribution >= 0.6 is 0 Å². The average Bonchev–Trinajstić information content (AvgIpc) is 2.46. The summed E-state index contributed by atoms with van der Waals surface area (Å²) < 4.78 is 18.7. The van der Waals surface area contributed by atoms with Crippen LogP contribution in [0.15, 0.2) is 42.5 Å². The summed E-state index contributed by atoms with van der Waals surface area (Å²) in [6.07, 6.45) is 0. The summed E-state index contributed by atoms with van der Waals surface area (Å²) in [6.45, 7) is 0.339. The van der Waals surface area contributed by atoms with Crippen molar-refractivity contribution in [3.05, 3.63) is 59.4 Å². The largest absolute Gasteiger partial charge is 0.497 e. The molecule has 5 heteroatoms. The zero-order chi connectivity index (χ0) is 14.5. The van der Waals surface area contributed by atoms with Gasteiger partial charge in [0.1, 0.15) is 11.6 Å². The highest BCUT2D eigenvalue weighted by atomic mass is 19.1. The zero-order valence-electron chi connectivity index (χ0n) is 11.0. The van der Waals surface area contributed by atoms with Crippen molar-refractivity contribution in [2.45, 2.75) is 6.54 Å². The summed E-state index contributed by atoms with van der Waals surface area (Å²) in [4.78, 5) is 10.9. The normalized spacial score (nSPS) is 10.1. The standard InChI is InChI=1S/C15H15FN2O2/c1-20-13-7-4-11(14(16)8-13)9-18-12-5-2-10(3-6-12)15(17)19/h2-8,18H,9H2,1H3,(H2,17,19). The lowest BCUT2D eigenvalue weighted by atomic mass is 10.1. The molecule has 0 aromatic heterocycles. The Morgan fingerprint density at radius 3 is 2.50 bits per heavy atom. The third kappa shape index (κ3) is 3.26. The fraction of sp³-hybridized carbons (Fsp3) is 0.133. The molecule has 0 atom stereocenters. The van der Waals surface area contributed by atoms with E-state index in [9.17, 15) is 9.18 Å². The minimum Gasteiger partial charge on any atom is -0.497 e. The highest BCUT2D eigenvalue weighted by Crippen LogP contribution is 2.18. The molecule has 0 saturated carbocycles. The van der Waals surface area contributed by atoms with Crippen molar-refractivity contribution < 1.29 is 13.9 Å². The minimum absolute atomic E-state index is 0.328. The number of rotatable bonds is 5. The predicted octanol–water partition coefficient (Wildman–Crippen LogP) is 2.55. The van der Waals surface area contributed by atoms with E-state index in [0.29, 0.717) is 23.4 Å². The molecule has 0 fully saturated rings. The van der Waals surface area contributed by atoms with Crippen LogP contribution in [0, 0.1) is 5.82 Å². The van der Waals surface area contributed by atoms with Crippen LogP contribution in [0.5, 0.6) is 5.75 Å². The third-order valence-electron chi connectivity index (χ3n) is 2.91. The molecule has 0 heterocycles. The lowest BCUT2D eigenvalue weighted by molar-refractivity contribution is 0.100. The number of carbonyl (C=O) groups excluding carboxylic acids is 1. The Bertz CT molecular complexity index is 612. The summed E-state index contributed by atoms with van der Waals surface area (Å²) in [5.41, 5.74) is 6.91. The van der Waals surface area contributed by atoms with Gasteiger partial charge in [-0.05, 0) is 30.3 Å². The van der Waals surface area contributed by atoms with Crippen molar-refractivity contribution in [2.24, 2.45) is 5.73 Å². The molecular weight excluding hydrogens is 259 g/mol. The number of methoxy groups -OCH3 is 1. The maximum atomic E-state index is 13.7. The lowest BCUT2D eigenvalue weighted by Crippen LogP contribution is -2.10. The van der Waals surface area contributed by atoms with E-state index in [2.05, 4.69) is 5.32 Å². The first kappa shape index (κ1) is 13.9. The third-order valence-corrected chi connectivity index (χ3v) is 2.91. The average molecular weight is 274 g/mol. The molecule has 2 aromatic rings. The molecular formula is C15H15FN2O2. The van der Waals surface area contributed by atoms with Crippen LogP contribution in [-0.4, -0.2) is 13.0 Å². The van der Waals surface area contributed by atoms with E-state index in [1.54, 1.807) is 36.4 Å². The first-order valence-corrected chi connectivity index (χ1v) is 6.06. The molecule has 0 radical (unpaired) electrons. The molecule has 1 amide bonds. The number of anilines is 1. The van der Waals surface area contributed by atoms with Gasteiger partial charge in [-0.15, -0.1) is 0 Å². The number of hydrogen-bond donors (Lipinski definition) is 2. The number of benzene rings is 2. The van der Waals surface area contributed by atoms with Gasteiger partial charge in [0.2, 0.25) is 5.91 Å². The fourth-order valence-corrected chi connectivity index (χ4v) is 1.75. The van der Waals surface area contributed by atoms with Gasteiger partial charge in [0.15, 0.2) is 0 Å². The minimum atomic E-state index is -0.474. The van der Waals surface area contributed by atoms with Gasteiger partial charge < -0.3 is 15.8 Å². The van der Waals surface area contributed by atoms with Gasteiger partial charge in [0.25, 0.3) is 0 Å². The Balaban J connectivity index is 2.03. The van der Waals surface area contributed by atoms with E-state index >= 15 is 0 Å². The second-order valence-electron chi connectivity index (χ2n) is 4.25. The number of amides is 1. The molecule has 20 heavy (non-hydrogen) atoms. The summed E-state index contributed by atoms with van der Waals surface area (Å²) in [6, 6.07) is 11.4.